The molecule has 24 heavy (non-hydrogen) atoms. The van der Waals surface area contributed by atoms with Crippen molar-refractivity contribution in [2.24, 2.45) is 0 Å². The lowest BCUT2D eigenvalue weighted by atomic mass is 9.88. The third kappa shape index (κ3) is 2.97. The fourth-order valence-corrected chi connectivity index (χ4v) is 2.90. The van der Waals surface area contributed by atoms with Gasteiger partial charge in [0.2, 0.25) is 0 Å². The van der Waals surface area contributed by atoms with E-state index >= 15 is 0 Å². The second kappa shape index (κ2) is 6.07. The van der Waals surface area contributed by atoms with Crippen molar-refractivity contribution in [2.75, 3.05) is 0 Å². The lowest BCUT2D eigenvalue weighted by Gasteiger charge is -2.31. The van der Waals surface area contributed by atoms with Crippen molar-refractivity contribution < 1.29 is 18.3 Å². The van der Waals surface area contributed by atoms with Crippen molar-refractivity contribution in [3.05, 3.63) is 76.9 Å². The Hall–Kier alpha value is -2.11. The summed E-state index contributed by atoms with van der Waals surface area (Å²) in [4.78, 5) is 4.22. The fourth-order valence-electron chi connectivity index (χ4n) is 2.62. The Balaban J connectivity index is 2.09. The number of fused-ring (bicyclic) bond motifs is 1. The number of hydrogen-bond donors (Lipinski definition) is 1. The minimum Gasteiger partial charge on any atom is -0.376 e. The molecule has 1 N–H and O–H groups in total. The predicted molar refractivity (Wildman–Crippen MR) is 86.9 cm³/mol. The number of nitrogens with zero attached hydrogens (tertiary/aromatic N) is 1. The minimum atomic E-state index is -4.85. The van der Waals surface area contributed by atoms with Gasteiger partial charge < -0.3 is 5.11 Å². The molecule has 0 bridgehead atoms. The van der Waals surface area contributed by atoms with Crippen LogP contribution in [0.25, 0.3) is 10.9 Å². The van der Waals surface area contributed by atoms with Gasteiger partial charge in [0.25, 0.3) is 0 Å². The van der Waals surface area contributed by atoms with Gasteiger partial charge in [0, 0.05) is 17.5 Å². The van der Waals surface area contributed by atoms with Gasteiger partial charge in [0.15, 0.2) is 5.60 Å². The molecule has 2 aromatic carbocycles. The van der Waals surface area contributed by atoms with Crippen LogP contribution in [0.5, 0.6) is 0 Å². The van der Waals surface area contributed by atoms with Crippen LogP contribution in [0.15, 0.2) is 60.7 Å². The Morgan fingerprint density at radius 1 is 0.958 bits per heavy atom. The molecule has 124 valence electrons. The summed E-state index contributed by atoms with van der Waals surface area (Å²) in [5, 5.41) is 11.4. The first-order valence-electron chi connectivity index (χ1n) is 7.20. The van der Waals surface area contributed by atoms with Gasteiger partial charge in [0.1, 0.15) is 0 Å². The first kappa shape index (κ1) is 16.7. The summed E-state index contributed by atoms with van der Waals surface area (Å²) >= 11 is 6.15. The molecule has 1 heterocycles. The van der Waals surface area contributed by atoms with E-state index in [1.165, 1.54) is 30.3 Å². The highest BCUT2D eigenvalue weighted by Gasteiger charge is 2.55. The van der Waals surface area contributed by atoms with Crippen molar-refractivity contribution in [1.82, 2.24) is 4.98 Å². The number of pyridine rings is 1. The molecule has 0 spiro atoms. The molecule has 1 unspecified atom stereocenters. The number of halogens is 4. The average molecular weight is 352 g/mol. The Labute approximate surface area is 141 Å². The van der Waals surface area contributed by atoms with Crippen LogP contribution >= 0.6 is 11.6 Å². The minimum absolute atomic E-state index is 0.0716. The zero-order valence-corrected chi connectivity index (χ0v) is 13.1. The maximum absolute atomic E-state index is 13.6. The van der Waals surface area contributed by atoms with Crippen molar-refractivity contribution in [3.8, 4) is 0 Å². The Bertz CT molecular complexity index is 867. The first-order chi connectivity index (χ1) is 11.3. The van der Waals surface area contributed by atoms with Crippen LogP contribution < -0.4 is 0 Å². The van der Waals surface area contributed by atoms with E-state index in [4.69, 9.17) is 11.6 Å². The molecule has 0 radical (unpaired) electrons. The van der Waals surface area contributed by atoms with Crippen molar-refractivity contribution >= 4 is 22.5 Å². The summed E-state index contributed by atoms with van der Waals surface area (Å²) in [7, 11) is 0. The van der Waals surface area contributed by atoms with E-state index in [1.54, 1.807) is 30.3 Å². The van der Waals surface area contributed by atoms with Gasteiger partial charge in [-0.05, 0) is 17.7 Å². The molecular formula is C18H13ClF3NO. The van der Waals surface area contributed by atoms with E-state index in [0.717, 1.165) is 0 Å². The van der Waals surface area contributed by atoms with Crippen LogP contribution in [0, 0.1) is 0 Å². The van der Waals surface area contributed by atoms with Crippen molar-refractivity contribution in [2.45, 2.75) is 18.2 Å². The van der Waals surface area contributed by atoms with Crippen LogP contribution in [-0.4, -0.2) is 16.3 Å². The monoisotopic (exact) mass is 351 g/mol. The molecule has 2 nitrogen and oxygen atoms in total. The summed E-state index contributed by atoms with van der Waals surface area (Å²) in [6.07, 6.45) is -5.57. The zero-order valence-electron chi connectivity index (χ0n) is 12.4. The topological polar surface area (TPSA) is 33.1 Å². The summed E-state index contributed by atoms with van der Waals surface area (Å²) in [6.45, 7) is 0. The molecular weight excluding hydrogens is 339 g/mol. The highest BCUT2D eigenvalue weighted by atomic mass is 35.5. The van der Waals surface area contributed by atoms with Gasteiger partial charge >= 0.3 is 6.18 Å². The lowest BCUT2D eigenvalue weighted by Crippen LogP contribution is -2.44. The summed E-state index contributed by atoms with van der Waals surface area (Å²) in [5.41, 5.74) is -2.71. The van der Waals surface area contributed by atoms with E-state index in [0.29, 0.717) is 15.9 Å². The second-order valence-corrected chi connectivity index (χ2v) is 5.92. The molecule has 0 aliphatic heterocycles. The van der Waals surface area contributed by atoms with Crippen LogP contribution in [0.3, 0.4) is 0 Å². The Morgan fingerprint density at radius 3 is 2.25 bits per heavy atom. The third-order valence-electron chi connectivity index (χ3n) is 3.88. The lowest BCUT2D eigenvalue weighted by molar-refractivity contribution is -0.266. The third-order valence-corrected chi connectivity index (χ3v) is 4.19. The molecule has 1 atom stereocenters. The maximum atomic E-state index is 13.6. The maximum Gasteiger partial charge on any atom is 0.421 e. The molecule has 0 saturated heterocycles. The van der Waals surface area contributed by atoms with Gasteiger partial charge in [-0.15, -0.1) is 0 Å². The summed E-state index contributed by atoms with van der Waals surface area (Å²) in [6, 6.07) is 15.2. The zero-order chi connectivity index (χ0) is 17.4. The first-order valence-corrected chi connectivity index (χ1v) is 7.58. The molecule has 3 aromatic rings. The van der Waals surface area contributed by atoms with Gasteiger partial charge in [-0.3, -0.25) is 4.98 Å². The van der Waals surface area contributed by atoms with E-state index in [2.05, 4.69) is 4.98 Å². The van der Waals surface area contributed by atoms with Gasteiger partial charge in [-0.25, -0.2) is 0 Å². The van der Waals surface area contributed by atoms with Crippen LogP contribution in [0.2, 0.25) is 5.02 Å². The normalized spacial score (nSPS) is 14.5. The van der Waals surface area contributed by atoms with E-state index in [-0.39, 0.29) is 11.3 Å². The molecule has 6 heteroatoms. The number of alkyl halides is 3. The van der Waals surface area contributed by atoms with E-state index in [9.17, 15) is 18.3 Å². The highest BCUT2D eigenvalue weighted by Crippen LogP contribution is 2.41. The SMILES string of the molecule is OC(Cc1cc(Cl)c2ccccc2n1)(c1ccccc1)C(F)(F)F. The molecule has 0 fully saturated rings. The van der Waals surface area contributed by atoms with Crippen molar-refractivity contribution in [1.29, 1.82) is 0 Å². The number of benzene rings is 2. The number of aliphatic hydroxyl groups is 1. The predicted octanol–water partition coefficient (Wildman–Crippen LogP) is 4.88. The fraction of sp³-hybridized carbons (Fsp3) is 0.167. The highest BCUT2D eigenvalue weighted by molar-refractivity contribution is 6.35. The Morgan fingerprint density at radius 2 is 1.58 bits per heavy atom. The smallest absolute Gasteiger partial charge is 0.376 e. The van der Waals surface area contributed by atoms with Gasteiger partial charge in [-0.2, -0.15) is 13.2 Å². The number of hydrogen-bond acceptors (Lipinski definition) is 2. The number of rotatable bonds is 3. The second-order valence-electron chi connectivity index (χ2n) is 5.51. The van der Waals surface area contributed by atoms with E-state index < -0.39 is 18.2 Å². The molecule has 0 aliphatic carbocycles. The Kier molecular flexibility index (Phi) is 4.24. The van der Waals surface area contributed by atoms with Crippen LogP contribution in [-0.2, 0) is 12.0 Å². The summed E-state index contributed by atoms with van der Waals surface area (Å²) < 4.78 is 40.7. The summed E-state index contributed by atoms with van der Waals surface area (Å²) in [5.74, 6) is 0. The van der Waals surface area contributed by atoms with Crippen LogP contribution in [0.4, 0.5) is 13.2 Å². The average Bonchev–Trinajstić information content (AvgIpc) is 2.54. The van der Waals surface area contributed by atoms with Gasteiger partial charge in [-0.1, -0.05) is 60.1 Å². The van der Waals surface area contributed by atoms with Crippen LogP contribution in [0.1, 0.15) is 11.3 Å². The number of para-hydroxylation sites is 1. The largest absolute Gasteiger partial charge is 0.421 e. The van der Waals surface area contributed by atoms with Gasteiger partial charge in [0.05, 0.1) is 10.5 Å². The molecule has 0 saturated carbocycles. The molecule has 0 amide bonds. The molecule has 3 rings (SSSR count). The molecule has 0 aliphatic rings. The molecule has 1 aromatic heterocycles. The quantitative estimate of drug-likeness (QED) is 0.729. The number of aromatic nitrogens is 1. The standard InChI is InChI=1S/C18H13ClF3NO/c19-15-10-13(23-16-9-5-4-8-14(15)16)11-17(24,18(20,21)22)12-6-2-1-3-7-12/h1-10,24H,11H2. The van der Waals surface area contributed by atoms with Crippen molar-refractivity contribution in [3.63, 3.8) is 0 Å². The van der Waals surface area contributed by atoms with E-state index in [1.807, 2.05) is 0 Å².